The Morgan fingerprint density at radius 2 is 1.70 bits per heavy atom. The van der Waals surface area contributed by atoms with Crippen molar-refractivity contribution in [2.24, 2.45) is 0 Å². The number of ether oxygens (including phenoxy) is 1. The molecule has 2 rings (SSSR count). The van der Waals surface area contributed by atoms with Gasteiger partial charge in [-0.25, -0.2) is 4.39 Å². The molecular formula is C19H29FN4O3. The lowest BCUT2D eigenvalue weighted by Gasteiger charge is -2.34. The lowest BCUT2D eigenvalue weighted by molar-refractivity contribution is -0.132. The third-order valence-electron chi connectivity index (χ3n) is 4.58. The predicted octanol–water partition coefficient (Wildman–Crippen LogP) is 0.164. The predicted molar refractivity (Wildman–Crippen MR) is 101 cm³/mol. The van der Waals surface area contributed by atoms with Crippen LogP contribution in [0.1, 0.15) is 5.56 Å². The first kappa shape index (κ1) is 21.3. The number of nitrogens with one attached hydrogen (secondary N) is 1. The first-order chi connectivity index (χ1) is 13.0. The average molecular weight is 380 g/mol. The van der Waals surface area contributed by atoms with Crippen LogP contribution < -0.4 is 5.32 Å². The van der Waals surface area contributed by atoms with Crippen LogP contribution in [-0.4, -0.2) is 93.1 Å². The van der Waals surface area contributed by atoms with Gasteiger partial charge < -0.3 is 15.0 Å². The first-order valence-electron chi connectivity index (χ1n) is 9.16. The van der Waals surface area contributed by atoms with Gasteiger partial charge in [-0.15, -0.1) is 0 Å². The molecule has 0 aliphatic carbocycles. The van der Waals surface area contributed by atoms with Gasteiger partial charge in [0.2, 0.25) is 11.8 Å². The van der Waals surface area contributed by atoms with Crippen LogP contribution in [0, 0.1) is 5.82 Å². The molecule has 1 aromatic rings. The van der Waals surface area contributed by atoms with E-state index >= 15 is 0 Å². The van der Waals surface area contributed by atoms with Crippen molar-refractivity contribution in [3.63, 3.8) is 0 Å². The Hall–Kier alpha value is -2.03. The zero-order valence-electron chi connectivity index (χ0n) is 16.1. The van der Waals surface area contributed by atoms with Gasteiger partial charge >= 0.3 is 0 Å². The van der Waals surface area contributed by atoms with Crippen molar-refractivity contribution in [2.45, 2.75) is 6.54 Å². The molecule has 8 heteroatoms. The number of rotatable bonds is 9. The van der Waals surface area contributed by atoms with E-state index in [4.69, 9.17) is 4.74 Å². The maximum Gasteiger partial charge on any atom is 0.236 e. The van der Waals surface area contributed by atoms with Crippen molar-refractivity contribution in [3.8, 4) is 0 Å². The van der Waals surface area contributed by atoms with Crippen molar-refractivity contribution in [3.05, 3.63) is 35.6 Å². The summed E-state index contributed by atoms with van der Waals surface area (Å²) in [6, 6.07) is 6.18. The van der Waals surface area contributed by atoms with Gasteiger partial charge in [-0.05, 0) is 17.7 Å². The molecular weight excluding hydrogens is 351 g/mol. The number of likely N-dealkylation sites (N-methyl/N-ethyl adjacent to an activating group) is 1. The monoisotopic (exact) mass is 380 g/mol. The summed E-state index contributed by atoms with van der Waals surface area (Å²) in [6.07, 6.45) is 0. The second-order valence-corrected chi connectivity index (χ2v) is 6.77. The molecule has 0 bridgehead atoms. The van der Waals surface area contributed by atoms with Crippen LogP contribution >= 0.6 is 0 Å². The minimum atomic E-state index is -0.280. The number of halogens is 1. The second-order valence-electron chi connectivity index (χ2n) is 6.77. The van der Waals surface area contributed by atoms with Crippen molar-refractivity contribution < 1.29 is 18.7 Å². The molecule has 0 spiro atoms. The third kappa shape index (κ3) is 7.62. The third-order valence-corrected chi connectivity index (χ3v) is 4.58. The molecule has 7 nitrogen and oxygen atoms in total. The summed E-state index contributed by atoms with van der Waals surface area (Å²) >= 11 is 0. The molecule has 1 aliphatic rings. The van der Waals surface area contributed by atoms with E-state index in [0.29, 0.717) is 32.8 Å². The van der Waals surface area contributed by atoms with E-state index in [1.54, 1.807) is 31.2 Å². The molecule has 0 saturated carbocycles. The van der Waals surface area contributed by atoms with Gasteiger partial charge in [0.05, 0.1) is 19.7 Å². The minimum Gasteiger partial charge on any atom is -0.383 e. The van der Waals surface area contributed by atoms with Gasteiger partial charge in [-0.3, -0.25) is 19.4 Å². The van der Waals surface area contributed by atoms with Gasteiger partial charge in [0, 0.05) is 53.4 Å². The van der Waals surface area contributed by atoms with Crippen molar-refractivity contribution in [2.75, 3.05) is 66.6 Å². The zero-order chi connectivity index (χ0) is 19.6. The SMILES string of the molecule is COCCNC(=O)CN1CCN(CC(=O)N(C)Cc2ccc(F)cc2)CC1. The van der Waals surface area contributed by atoms with E-state index < -0.39 is 0 Å². The number of nitrogens with zero attached hydrogens (tertiary/aromatic N) is 3. The smallest absolute Gasteiger partial charge is 0.236 e. The summed E-state index contributed by atoms with van der Waals surface area (Å²) in [5.41, 5.74) is 0.900. The summed E-state index contributed by atoms with van der Waals surface area (Å²) in [5, 5.41) is 2.81. The van der Waals surface area contributed by atoms with Gasteiger partial charge in [-0.1, -0.05) is 12.1 Å². The second kappa shape index (κ2) is 11.0. The molecule has 0 atom stereocenters. The molecule has 1 fully saturated rings. The van der Waals surface area contributed by atoms with Crippen LogP contribution in [0.5, 0.6) is 0 Å². The van der Waals surface area contributed by atoms with E-state index in [1.165, 1.54) is 12.1 Å². The lowest BCUT2D eigenvalue weighted by atomic mass is 10.2. The van der Waals surface area contributed by atoms with Gasteiger partial charge in [0.15, 0.2) is 0 Å². The Kier molecular flexibility index (Phi) is 8.63. The van der Waals surface area contributed by atoms with Crippen LogP contribution in [0.3, 0.4) is 0 Å². The Morgan fingerprint density at radius 3 is 2.30 bits per heavy atom. The van der Waals surface area contributed by atoms with E-state index in [-0.39, 0.29) is 17.6 Å². The summed E-state index contributed by atoms with van der Waals surface area (Å²) in [7, 11) is 3.36. The van der Waals surface area contributed by atoms with E-state index in [0.717, 1.165) is 31.7 Å². The highest BCUT2D eigenvalue weighted by atomic mass is 19.1. The average Bonchev–Trinajstić information content (AvgIpc) is 2.65. The van der Waals surface area contributed by atoms with E-state index in [9.17, 15) is 14.0 Å². The Balaban J connectivity index is 1.67. The molecule has 0 aromatic heterocycles. The number of carbonyl (C=O) groups excluding carboxylic acids is 2. The number of amides is 2. The largest absolute Gasteiger partial charge is 0.383 e. The quantitative estimate of drug-likeness (QED) is 0.619. The number of hydrogen-bond acceptors (Lipinski definition) is 5. The fourth-order valence-electron chi connectivity index (χ4n) is 2.92. The molecule has 0 radical (unpaired) electrons. The van der Waals surface area contributed by atoms with E-state index in [1.807, 2.05) is 0 Å². The van der Waals surface area contributed by atoms with Gasteiger partial charge in [0.1, 0.15) is 5.82 Å². The molecule has 1 saturated heterocycles. The van der Waals surface area contributed by atoms with Gasteiger partial charge in [0.25, 0.3) is 0 Å². The van der Waals surface area contributed by atoms with Crippen molar-refractivity contribution in [1.29, 1.82) is 0 Å². The number of benzene rings is 1. The molecule has 1 N–H and O–H groups in total. The molecule has 0 unspecified atom stereocenters. The normalized spacial score (nSPS) is 15.5. The summed E-state index contributed by atoms with van der Waals surface area (Å²) in [6.45, 7) is 5.22. The maximum atomic E-state index is 13.0. The van der Waals surface area contributed by atoms with Crippen LogP contribution in [0.25, 0.3) is 0 Å². The molecule has 1 aromatic carbocycles. The highest BCUT2D eigenvalue weighted by Crippen LogP contribution is 2.07. The molecule has 1 heterocycles. The fourth-order valence-corrected chi connectivity index (χ4v) is 2.92. The summed E-state index contributed by atoms with van der Waals surface area (Å²) in [5.74, 6) is -0.251. The van der Waals surface area contributed by atoms with Crippen molar-refractivity contribution >= 4 is 11.8 Å². The summed E-state index contributed by atoms with van der Waals surface area (Å²) < 4.78 is 17.9. The number of hydrogen-bond donors (Lipinski definition) is 1. The number of carbonyl (C=O) groups is 2. The highest BCUT2D eigenvalue weighted by Gasteiger charge is 2.21. The van der Waals surface area contributed by atoms with Crippen LogP contribution in [0.15, 0.2) is 24.3 Å². The van der Waals surface area contributed by atoms with Crippen molar-refractivity contribution in [1.82, 2.24) is 20.0 Å². The topological polar surface area (TPSA) is 65.1 Å². The highest BCUT2D eigenvalue weighted by molar-refractivity contribution is 5.78. The zero-order valence-corrected chi connectivity index (χ0v) is 16.1. The number of piperazine rings is 1. The van der Waals surface area contributed by atoms with Crippen LogP contribution in [-0.2, 0) is 20.9 Å². The fraction of sp³-hybridized carbons (Fsp3) is 0.579. The molecule has 150 valence electrons. The summed E-state index contributed by atoms with van der Waals surface area (Å²) in [4.78, 5) is 30.1. The first-order valence-corrected chi connectivity index (χ1v) is 9.16. The van der Waals surface area contributed by atoms with E-state index in [2.05, 4.69) is 15.1 Å². The minimum absolute atomic E-state index is 0.00407. The Bertz CT molecular complexity index is 603. The Labute approximate surface area is 160 Å². The number of methoxy groups -OCH3 is 1. The Morgan fingerprint density at radius 1 is 1.11 bits per heavy atom. The molecule has 2 amide bonds. The van der Waals surface area contributed by atoms with Crippen LogP contribution in [0.2, 0.25) is 0 Å². The lowest BCUT2D eigenvalue weighted by Crippen LogP contribution is -2.51. The van der Waals surface area contributed by atoms with Crippen LogP contribution in [0.4, 0.5) is 4.39 Å². The standard InChI is InChI=1S/C19H29FN4O3/c1-22(13-16-3-5-17(20)6-4-16)19(26)15-24-10-8-23(9-11-24)14-18(25)21-7-12-27-2/h3-6H,7-15H2,1-2H3,(H,21,25). The molecule has 27 heavy (non-hydrogen) atoms. The maximum absolute atomic E-state index is 13.0. The molecule has 1 aliphatic heterocycles. The van der Waals surface area contributed by atoms with Gasteiger partial charge in [-0.2, -0.15) is 0 Å².